The van der Waals surface area contributed by atoms with Crippen LogP contribution in [0.25, 0.3) is 10.8 Å². The Morgan fingerprint density at radius 3 is 2.42 bits per heavy atom. The van der Waals surface area contributed by atoms with E-state index in [2.05, 4.69) is 15.6 Å². The van der Waals surface area contributed by atoms with E-state index in [1.807, 2.05) is 61.5 Å². The summed E-state index contributed by atoms with van der Waals surface area (Å²) in [4.78, 5) is 28.9. The average Bonchev–Trinajstić information content (AvgIpc) is 2.95. The summed E-state index contributed by atoms with van der Waals surface area (Å²) in [7, 11) is 0. The Hall–Kier alpha value is -5.50. The highest BCUT2D eigenvalue weighted by molar-refractivity contribution is 6.13. The van der Waals surface area contributed by atoms with Gasteiger partial charge in [-0.3, -0.25) is 19.9 Å². The molecule has 8 nitrogen and oxygen atoms in total. The van der Waals surface area contributed by atoms with E-state index in [1.54, 1.807) is 43.3 Å². The molecule has 0 radical (unpaired) electrons. The number of fused-ring (bicyclic) bond motifs is 1. The number of para-hydroxylation sites is 1. The molecular weight excluding hydrogens is 504 g/mol. The minimum Gasteiger partial charge on any atom is -0.506 e. The second kappa shape index (κ2) is 11.1. The van der Waals surface area contributed by atoms with Gasteiger partial charge in [-0.25, -0.2) is 0 Å². The topological polar surface area (TPSA) is 117 Å². The smallest absolute Gasteiger partial charge is 0.292 e. The highest BCUT2D eigenvalue weighted by Gasteiger charge is 2.18. The third kappa shape index (κ3) is 5.51. The molecule has 0 saturated carbocycles. The minimum absolute atomic E-state index is 0.0207. The van der Waals surface area contributed by atoms with E-state index in [-0.39, 0.29) is 17.0 Å². The Labute approximate surface area is 230 Å². The number of aliphatic imine (C=N–C) groups is 1. The summed E-state index contributed by atoms with van der Waals surface area (Å²) in [5.41, 5.74) is 4.37. The number of aromatic hydroxyl groups is 1. The van der Waals surface area contributed by atoms with Gasteiger partial charge in [0.1, 0.15) is 11.4 Å². The minimum atomic E-state index is -0.439. The molecule has 198 valence electrons. The molecule has 0 aliphatic carbocycles. The van der Waals surface area contributed by atoms with Crippen molar-refractivity contribution in [3.8, 4) is 5.75 Å². The van der Waals surface area contributed by atoms with Gasteiger partial charge in [0.2, 0.25) is 0 Å². The molecule has 0 bridgehead atoms. The lowest BCUT2D eigenvalue weighted by Crippen LogP contribution is -2.12. The molecule has 5 aromatic carbocycles. The molecule has 0 aliphatic rings. The molecule has 0 saturated heterocycles. The number of amides is 1. The van der Waals surface area contributed by atoms with E-state index in [9.17, 15) is 20.0 Å². The lowest BCUT2D eigenvalue weighted by atomic mass is 9.99. The summed E-state index contributed by atoms with van der Waals surface area (Å²) in [6, 6.07) is 28.6. The van der Waals surface area contributed by atoms with E-state index in [0.29, 0.717) is 28.3 Å². The van der Waals surface area contributed by atoms with Crippen LogP contribution in [0.1, 0.15) is 27.0 Å². The number of aryl methyl sites for hydroxylation is 2. The predicted octanol–water partition coefficient (Wildman–Crippen LogP) is 7.82. The number of rotatable bonds is 7. The molecule has 0 fully saturated rings. The number of phenols is 1. The van der Waals surface area contributed by atoms with Gasteiger partial charge < -0.3 is 15.7 Å². The first-order chi connectivity index (χ1) is 19.3. The van der Waals surface area contributed by atoms with Crippen molar-refractivity contribution in [2.75, 3.05) is 10.6 Å². The van der Waals surface area contributed by atoms with Crippen molar-refractivity contribution >= 4 is 51.3 Å². The number of hydrogen-bond acceptors (Lipinski definition) is 6. The summed E-state index contributed by atoms with van der Waals surface area (Å²) < 4.78 is 0. The van der Waals surface area contributed by atoms with Gasteiger partial charge in [-0.05, 0) is 72.1 Å². The van der Waals surface area contributed by atoms with Crippen LogP contribution in [-0.4, -0.2) is 22.2 Å². The SMILES string of the molecule is Cc1ccc(Nc2ccc(C)c(/N=C\c3c(O)c(C(=O)Nc4ccccc4)cc4ccccc34)c2)c([N+](=O)[O-])c1. The Bertz CT molecular complexity index is 1780. The molecule has 5 rings (SSSR count). The van der Waals surface area contributed by atoms with E-state index in [4.69, 9.17) is 0 Å². The van der Waals surface area contributed by atoms with Gasteiger partial charge >= 0.3 is 0 Å². The van der Waals surface area contributed by atoms with Crippen LogP contribution in [0.15, 0.2) is 102 Å². The highest BCUT2D eigenvalue weighted by atomic mass is 16.6. The third-order valence-corrected chi connectivity index (χ3v) is 6.51. The van der Waals surface area contributed by atoms with Crippen LogP contribution in [0.2, 0.25) is 0 Å². The number of phenolic OH excluding ortho intramolecular Hbond substituents is 1. The largest absolute Gasteiger partial charge is 0.506 e. The molecule has 0 unspecified atom stereocenters. The maximum Gasteiger partial charge on any atom is 0.292 e. The number of nitro groups is 1. The normalized spacial score (nSPS) is 11.1. The number of nitro benzene ring substituents is 1. The van der Waals surface area contributed by atoms with Gasteiger partial charge in [-0.1, -0.05) is 54.6 Å². The van der Waals surface area contributed by atoms with Crippen LogP contribution in [-0.2, 0) is 0 Å². The van der Waals surface area contributed by atoms with Crippen molar-refractivity contribution in [1.82, 2.24) is 0 Å². The second-order valence-corrected chi connectivity index (χ2v) is 9.39. The van der Waals surface area contributed by atoms with Crippen molar-refractivity contribution in [3.05, 3.63) is 129 Å². The second-order valence-electron chi connectivity index (χ2n) is 9.39. The Kier molecular flexibility index (Phi) is 7.24. The quantitative estimate of drug-likeness (QED) is 0.113. The summed E-state index contributed by atoms with van der Waals surface area (Å²) in [5.74, 6) is -0.621. The number of hydrogen-bond donors (Lipinski definition) is 3. The summed E-state index contributed by atoms with van der Waals surface area (Å²) in [6.45, 7) is 3.70. The number of carbonyl (C=O) groups excluding carboxylic acids is 1. The summed E-state index contributed by atoms with van der Waals surface area (Å²) in [6.07, 6.45) is 1.54. The van der Waals surface area contributed by atoms with Crippen LogP contribution in [0.3, 0.4) is 0 Å². The zero-order valence-corrected chi connectivity index (χ0v) is 21.9. The maximum absolute atomic E-state index is 13.1. The molecule has 0 spiro atoms. The number of benzene rings is 5. The molecule has 0 aromatic heterocycles. The number of carbonyl (C=O) groups is 1. The Morgan fingerprint density at radius 2 is 1.65 bits per heavy atom. The maximum atomic E-state index is 13.1. The van der Waals surface area contributed by atoms with E-state index in [1.165, 1.54) is 12.3 Å². The Morgan fingerprint density at radius 1 is 0.900 bits per heavy atom. The van der Waals surface area contributed by atoms with Gasteiger partial charge in [0, 0.05) is 29.2 Å². The number of nitrogens with zero attached hydrogens (tertiary/aromatic N) is 2. The fourth-order valence-corrected chi connectivity index (χ4v) is 4.40. The van der Waals surface area contributed by atoms with Crippen LogP contribution < -0.4 is 10.6 Å². The van der Waals surface area contributed by atoms with Gasteiger partial charge in [0.15, 0.2) is 0 Å². The zero-order valence-electron chi connectivity index (χ0n) is 21.9. The van der Waals surface area contributed by atoms with Crippen LogP contribution in [0.4, 0.5) is 28.4 Å². The van der Waals surface area contributed by atoms with Crippen molar-refractivity contribution in [2.45, 2.75) is 13.8 Å². The van der Waals surface area contributed by atoms with E-state index >= 15 is 0 Å². The van der Waals surface area contributed by atoms with Gasteiger partial charge in [0.05, 0.1) is 16.2 Å². The standard InChI is InChI=1S/C32H26N4O4/c1-20-12-15-28(30(16-20)36(39)40)34-24-14-13-21(2)29(18-24)33-19-27-25-11-7-6-8-22(25)17-26(31(27)37)32(38)35-23-9-4-3-5-10-23/h3-19,34,37H,1-2H3,(H,35,38)/b33-19-. The molecule has 3 N–H and O–H groups in total. The van der Waals surface area contributed by atoms with Crippen molar-refractivity contribution in [3.63, 3.8) is 0 Å². The first kappa shape index (κ1) is 26.1. The molecule has 0 aliphatic heterocycles. The lowest BCUT2D eigenvalue weighted by Gasteiger charge is -2.12. The van der Waals surface area contributed by atoms with Crippen molar-refractivity contribution < 1.29 is 14.8 Å². The van der Waals surface area contributed by atoms with E-state index in [0.717, 1.165) is 21.9 Å². The molecule has 8 heteroatoms. The highest BCUT2D eigenvalue weighted by Crippen LogP contribution is 2.33. The first-order valence-electron chi connectivity index (χ1n) is 12.6. The zero-order chi connectivity index (χ0) is 28.2. The third-order valence-electron chi connectivity index (χ3n) is 6.51. The monoisotopic (exact) mass is 530 g/mol. The van der Waals surface area contributed by atoms with Crippen LogP contribution in [0.5, 0.6) is 5.75 Å². The van der Waals surface area contributed by atoms with Gasteiger partial charge in [-0.15, -0.1) is 0 Å². The summed E-state index contributed by atoms with van der Waals surface area (Å²) in [5, 5.41) is 30.2. The first-order valence-corrected chi connectivity index (χ1v) is 12.6. The van der Waals surface area contributed by atoms with Crippen LogP contribution >= 0.6 is 0 Å². The fourth-order valence-electron chi connectivity index (χ4n) is 4.40. The van der Waals surface area contributed by atoms with Crippen molar-refractivity contribution in [1.29, 1.82) is 0 Å². The molecule has 5 aromatic rings. The Balaban J connectivity index is 1.51. The molecular formula is C32H26N4O4. The van der Waals surface area contributed by atoms with Gasteiger partial charge in [-0.2, -0.15) is 0 Å². The fraction of sp³-hybridized carbons (Fsp3) is 0.0625. The average molecular weight is 531 g/mol. The van der Waals surface area contributed by atoms with Crippen LogP contribution in [0, 0.1) is 24.0 Å². The molecule has 40 heavy (non-hydrogen) atoms. The predicted molar refractivity (Wildman–Crippen MR) is 160 cm³/mol. The van der Waals surface area contributed by atoms with E-state index < -0.39 is 10.8 Å². The van der Waals surface area contributed by atoms with Crippen molar-refractivity contribution in [2.24, 2.45) is 4.99 Å². The van der Waals surface area contributed by atoms with Gasteiger partial charge in [0.25, 0.3) is 11.6 Å². The molecule has 0 heterocycles. The number of anilines is 3. The lowest BCUT2D eigenvalue weighted by molar-refractivity contribution is -0.384. The number of nitrogens with one attached hydrogen (secondary N) is 2. The molecule has 0 atom stereocenters. The molecule has 1 amide bonds. The summed E-state index contributed by atoms with van der Waals surface area (Å²) >= 11 is 0.